The third-order valence-electron chi connectivity index (χ3n) is 2.54. The predicted molar refractivity (Wildman–Crippen MR) is 74.0 cm³/mol. The molecule has 0 spiro atoms. The van der Waals surface area contributed by atoms with Crippen LogP contribution in [0.25, 0.3) is 10.9 Å². The molecular formula is C13H16N2OS. The summed E-state index contributed by atoms with van der Waals surface area (Å²) in [7, 11) is 0. The van der Waals surface area contributed by atoms with E-state index in [0.29, 0.717) is 5.82 Å². The molecule has 0 aliphatic carbocycles. The van der Waals surface area contributed by atoms with Gasteiger partial charge in [0.15, 0.2) is 0 Å². The standard InChI is InChI=1S/C13H16N2OS/c14-13-11(9-17-7-3-6-16)8-10-4-1-2-5-12(10)15-13/h1-2,4-5,8,16H,3,6-7,9H2,(H2,14,15). The molecule has 2 aromatic rings. The van der Waals surface area contributed by atoms with Gasteiger partial charge in [0.25, 0.3) is 0 Å². The van der Waals surface area contributed by atoms with Crippen molar-refractivity contribution in [3.8, 4) is 0 Å². The lowest BCUT2D eigenvalue weighted by Crippen LogP contribution is -1.97. The quantitative estimate of drug-likeness (QED) is 0.798. The smallest absolute Gasteiger partial charge is 0.128 e. The molecule has 0 fully saturated rings. The van der Waals surface area contributed by atoms with Gasteiger partial charge in [-0.25, -0.2) is 4.98 Å². The number of para-hydroxylation sites is 1. The van der Waals surface area contributed by atoms with Crippen molar-refractivity contribution in [2.45, 2.75) is 12.2 Å². The second-order valence-electron chi connectivity index (χ2n) is 3.86. The fourth-order valence-electron chi connectivity index (χ4n) is 1.64. The van der Waals surface area contributed by atoms with Gasteiger partial charge < -0.3 is 10.8 Å². The molecular weight excluding hydrogens is 232 g/mol. The van der Waals surface area contributed by atoms with Gasteiger partial charge in [0.2, 0.25) is 0 Å². The zero-order valence-electron chi connectivity index (χ0n) is 9.60. The van der Waals surface area contributed by atoms with Crippen LogP contribution in [-0.4, -0.2) is 22.5 Å². The third-order valence-corrected chi connectivity index (χ3v) is 3.63. The van der Waals surface area contributed by atoms with Gasteiger partial charge in [-0.15, -0.1) is 0 Å². The lowest BCUT2D eigenvalue weighted by molar-refractivity contribution is 0.296. The average molecular weight is 248 g/mol. The van der Waals surface area contributed by atoms with E-state index in [0.717, 1.165) is 34.4 Å². The first-order valence-electron chi connectivity index (χ1n) is 5.64. The molecule has 1 heterocycles. The highest BCUT2D eigenvalue weighted by atomic mass is 32.2. The summed E-state index contributed by atoms with van der Waals surface area (Å²) in [6.07, 6.45) is 0.825. The number of hydrogen-bond acceptors (Lipinski definition) is 4. The van der Waals surface area contributed by atoms with Crippen molar-refractivity contribution in [3.05, 3.63) is 35.9 Å². The zero-order valence-corrected chi connectivity index (χ0v) is 10.4. The van der Waals surface area contributed by atoms with Crippen molar-refractivity contribution < 1.29 is 5.11 Å². The first-order chi connectivity index (χ1) is 8.31. The summed E-state index contributed by atoms with van der Waals surface area (Å²) in [5.74, 6) is 2.41. The maximum Gasteiger partial charge on any atom is 0.128 e. The molecule has 2 rings (SSSR count). The number of hydrogen-bond donors (Lipinski definition) is 2. The Balaban J connectivity index is 2.14. The van der Waals surface area contributed by atoms with E-state index in [1.807, 2.05) is 24.3 Å². The minimum atomic E-state index is 0.248. The molecule has 0 atom stereocenters. The maximum absolute atomic E-state index is 8.71. The molecule has 1 aromatic carbocycles. The summed E-state index contributed by atoms with van der Waals surface area (Å²) in [5, 5.41) is 9.83. The number of nitrogens with zero attached hydrogens (tertiary/aromatic N) is 1. The molecule has 3 nitrogen and oxygen atoms in total. The number of rotatable bonds is 5. The first kappa shape index (κ1) is 12.2. The molecule has 90 valence electrons. The summed E-state index contributed by atoms with van der Waals surface area (Å²) in [5.41, 5.74) is 7.94. The summed E-state index contributed by atoms with van der Waals surface area (Å²) in [6.45, 7) is 0.248. The van der Waals surface area contributed by atoms with Gasteiger partial charge in [-0.05, 0) is 24.3 Å². The van der Waals surface area contributed by atoms with Gasteiger partial charge in [-0.1, -0.05) is 18.2 Å². The summed E-state index contributed by atoms with van der Waals surface area (Å²) >= 11 is 1.77. The van der Waals surface area contributed by atoms with Crippen LogP contribution < -0.4 is 5.73 Å². The number of aliphatic hydroxyl groups excluding tert-OH is 1. The number of thioether (sulfide) groups is 1. The van der Waals surface area contributed by atoms with Crippen LogP contribution in [0.3, 0.4) is 0 Å². The summed E-state index contributed by atoms with van der Waals surface area (Å²) < 4.78 is 0. The van der Waals surface area contributed by atoms with E-state index >= 15 is 0 Å². The predicted octanol–water partition coefficient (Wildman–Crippen LogP) is 2.43. The van der Waals surface area contributed by atoms with Crippen LogP contribution in [0.2, 0.25) is 0 Å². The molecule has 17 heavy (non-hydrogen) atoms. The van der Waals surface area contributed by atoms with Crippen molar-refractivity contribution in [1.82, 2.24) is 4.98 Å². The largest absolute Gasteiger partial charge is 0.396 e. The molecule has 1 aromatic heterocycles. The Morgan fingerprint density at radius 1 is 1.29 bits per heavy atom. The van der Waals surface area contributed by atoms with Crippen LogP contribution in [0.5, 0.6) is 0 Å². The van der Waals surface area contributed by atoms with Gasteiger partial charge >= 0.3 is 0 Å². The van der Waals surface area contributed by atoms with Crippen molar-refractivity contribution >= 4 is 28.5 Å². The van der Waals surface area contributed by atoms with Crippen molar-refractivity contribution in [1.29, 1.82) is 0 Å². The topological polar surface area (TPSA) is 59.1 Å². The van der Waals surface area contributed by atoms with E-state index < -0.39 is 0 Å². The summed E-state index contributed by atoms with van der Waals surface area (Å²) in [6, 6.07) is 10.1. The number of aromatic nitrogens is 1. The van der Waals surface area contributed by atoms with Crippen LogP contribution in [0.4, 0.5) is 5.82 Å². The molecule has 0 radical (unpaired) electrons. The van der Waals surface area contributed by atoms with Crippen LogP contribution in [-0.2, 0) is 5.75 Å². The average Bonchev–Trinajstić information content (AvgIpc) is 2.35. The van der Waals surface area contributed by atoms with E-state index in [9.17, 15) is 0 Å². The third kappa shape index (κ3) is 3.11. The van der Waals surface area contributed by atoms with E-state index in [1.54, 1.807) is 11.8 Å². The number of benzene rings is 1. The highest BCUT2D eigenvalue weighted by molar-refractivity contribution is 7.98. The Morgan fingerprint density at radius 2 is 2.12 bits per heavy atom. The zero-order chi connectivity index (χ0) is 12.1. The Kier molecular flexibility index (Phi) is 4.23. The Morgan fingerprint density at radius 3 is 2.94 bits per heavy atom. The normalized spacial score (nSPS) is 10.9. The molecule has 0 amide bonds. The van der Waals surface area contributed by atoms with Crippen LogP contribution >= 0.6 is 11.8 Å². The number of aliphatic hydroxyl groups is 1. The number of anilines is 1. The van der Waals surface area contributed by atoms with E-state index in [-0.39, 0.29) is 6.61 Å². The molecule has 4 heteroatoms. The number of nitrogen functional groups attached to an aromatic ring is 1. The first-order valence-corrected chi connectivity index (χ1v) is 6.79. The molecule has 0 saturated heterocycles. The van der Waals surface area contributed by atoms with Gasteiger partial charge in [-0.2, -0.15) is 11.8 Å². The van der Waals surface area contributed by atoms with E-state index in [1.165, 1.54) is 0 Å². The molecule has 0 aliphatic heterocycles. The maximum atomic E-state index is 8.71. The Hall–Kier alpha value is -1.26. The number of fused-ring (bicyclic) bond motifs is 1. The van der Waals surface area contributed by atoms with Gasteiger partial charge in [-0.3, -0.25) is 0 Å². The van der Waals surface area contributed by atoms with Crippen LogP contribution in [0.1, 0.15) is 12.0 Å². The van der Waals surface area contributed by atoms with Gasteiger partial charge in [0, 0.05) is 23.3 Å². The summed E-state index contributed by atoms with van der Waals surface area (Å²) in [4.78, 5) is 4.39. The van der Waals surface area contributed by atoms with Crippen molar-refractivity contribution in [3.63, 3.8) is 0 Å². The molecule has 3 N–H and O–H groups in total. The highest BCUT2D eigenvalue weighted by Gasteiger charge is 2.03. The van der Waals surface area contributed by atoms with Crippen molar-refractivity contribution in [2.75, 3.05) is 18.1 Å². The van der Waals surface area contributed by atoms with Crippen LogP contribution in [0, 0.1) is 0 Å². The van der Waals surface area contributed by atoms with Gasteiger partial charge in [0.1, 0.15) is 5.82 Å². The monoisotopic (exact) mass is 248 g/mol. The molecule has 0 bridgehead atoms. The van der Waals surface area contributed by atoms with Crippen molar-refractivity contribution in [2.24, 2.45) is 0 Å². The highest BCUT2D eigenvalue weighted by Crippen LogP contribution is 2.22. The fourth-order valence-corrected chi connectivity index (χ4v) is 2.57. The second-order valence-corrected chi connectivity index (χ2v) is 4.96. The van der Waals surface area contributed by atoms with Crippen LogP contribution in [0.15, 0.2) is 30.3 Å². The van der Waals surface area contributed by atoms with E-state index in [2.05, 4.69) is 11.1 Å². The Bertz CT molecular complexity index is 502. The lowest BCUT2D eigenvalue weighted by atomic mass is 10.1. The minimum absolute atomic E-state index is 0.248. The molecule has 0 aliphatic rings. The molecule has 0 saturated carbocycles. The number of nitrogens with two attached hydrogens (primary N) is 1. The second kappa shape index (κ2) is 5.89. The van der Waals surface area contributed by atoms with Gasteiger partial charge in [0.05, 0.1) is 5.52 Å². The molecule has 0 unspecified atom stereocenters. The lowest BCUT2D eigenvalue weighted by Gasteiger charge is -2.06. The minimum Gasteiger partial charge on any atom is -0.396 e. The SMILES string of the molecule is Nc1nc2ccccc2cc1CSCCCO. The number of pyridine rings is 1. The fraction of sp³-hybridized carbons (Fsp3) is 0.308. The van der Waals surface area contributed by atoms with E-state index in [4.69, 9.17) is 10.8 Å². The Labute approximate surface area is 105 Å².